The molecule has 94 valence electrons. The van der Waals surface area contributed by atoms with Gasteiger partial charge < -0.3 is 5.11 Å². The fourth-order valence-electron chi connectivity index (χ4n) is 1.62. The first-order valence-corrected chi connectivity index (χ1v) is 6.84. The minimum absolute atomic E-state index is 0.195. The van der Waals surface area contributed by atoms with E-state index in [0.717, 1.165) is 19.4 Å². The molecule has 0 aliphatic rings. The summed E-state index contributed by atoms with van der Waals surface area (Å²) in [4.78, 5) is 0. The van der Waals surface area contributed by atoms with Crippen molar-refractivity contribution >= 4 is 11.8 Å². The van der Waals surface area contributed by atoms with Gasteiger partial charge in [0.1, 0.15) is 5.54 Å². The van der Waals surface area contributed by atoms with Crippen molar-refractivity contribution in [2.24, 2.45) is 0 Å². The van der Waals surface area contributed by atoms with Crippen LogP contribution in [0.25, 0.3) is 0 Å². The molecule has 0 aliphatic carbocycles. The van der Waals surface area contributed by atoms with Crippen LogP contribution in [0.2, 0.25) is 0 Å². The molecule has 0 aromatic carbocycles. The van der Waals surface area contributed by atoms with Crippen LogP contribution in [0.3, 0.4) is 0 Å². The van der Waals surface area contributed by atoms with E-state index in [1.54, 1.807) is 11.8 Å². The van der Waals surface area contributed by atoms with Crippen LogP contribution < -0.4 is 5.32 Å². The number of thioether (sulfide) groups is 1. The molecule has 0 rings (SSSR count). The smallest absolute Gasteiger partial charge is 0.104 e. The number of nitrogens with zero attached hydrogens (tertiary/aromatic N) is 1. The number of hydrogen-bond donors (Lipinski definition) is 2. The predicted octanol–water partition coefficient (Wildman–Crippen LogP) is 2.16. The van der Waals surface area contributed by atoms with Crippen LogP contribution in [-0.4, -0.2) is 34.3 Å². The van der Waals surface area contributed by atoms with Crippen molar-refractivity contribution in [3.05, 3.63) is 0 Å². The summed E-state index contributed by atoms with van der Waals surface area (Å²) in [5.41, 5.74) is -0.447. The zero-order chi connectivity index (χ0) is 12.6. The summed E-state index contributed by atoms with van der Waals surface area (Å²) in [5, 5.41) is 22.1. The van der Waals surface area contributed by atoms with Gasteiger partial charge in [-0.3, -0.25) is 5.32 Å². The lowest BCUT2D eigenvalue weighted by Gasteiger charge is -2.27. The topological polar surface area (TPSA) is 56.0 Å². The summed E-state index contributed by atoms with van der Waals surface area (Å²) < 4.78 is 0. The second-order valence-corrected chi connectivity index (χ2v) is 6.40. The Morgan fingerprint density at radius 2 is 2.06 bits per heavy atom. The van der Waals surface area contributed by atoms with Gasteiger partial charge in [-0.2, -0.15) is 17.0 Å². The van der Waals surface area contributed by atoms with Gasteiger partial charge in [0.15, 0.2) is 0 Å². The predicted molar refractivity (Wildman–Crippen MR) is 70.5 cm³/mol. The SMILES string of the molecule is CCCNC(C)(C#N)CC(C)SC(C)CO. The maximum atomic E-state index is 9.18. The normalized spacial score (nSPS) is 18.5. The average molecular weight is 244 g/mol. The molecular weight excluding hydrogens is 220 g/mol. The lowest BCUT2D eigenvalue weighted by Crippen LogP contribution is -2.43. The Bertz CT molecular complexity index is 230. The molecule has 0 saturated heterocycles. The molecule has 0 bridgehead atoms. The molecule has 0 aliphatic heterocycles. The fraction of sp³-hybridized carbons (Fsp3) is 0.917. The van der Waals surface area contributed by atoms with Crippen molar-refractivity contribution in [3.8, 4) is 6.07 Å². The molecule has 0 fully saturated rings. The maximum Gasteiger partial charge on any atom is 0.104 e. The van der Waals surface area contributed by atoms with E-state index in [1.807, 2.05) is 13.8 Å². The van der Waals surface area contributed by atoms with Gasteiger partial charge in [0.2, 0.25) is 0 Å². The maximum absolute atomic E-state index is 9.18. The lowest BCUT2D eigenvalue weighted by atomic mass is 9.98. The van der Waals surface area contributed by atoms with Crippen LogP contribution >= 0.6 is 11.8 Å². The van der Waals surface area contributed by atoms with Crippen LogP contribution in [0.15, 0.2) is 0 Å². The standard InChI is InChI=1S/C12H24N2OS/c1-5-6-14-12(4,9-13)7-10(2)16-11(3)8-15/h10-11,14-15H,5-8H2,1-4H3. The van der Waals surface area contributed by atoms with E-state index in [0.29, 0.717) is 5.25 Å². The Hall–Kier alpha value is -0.240. The van der Waals surface area contributed by atoms with Gasteiger partial charge in [-0.15, -0.1) is 0 Å². The second-order valence-electron chi connectivity index (χ2n) is 4.51. The fourth-order valence-corrected chi connectivity index (χ4v) is 2.93. The molecule has 0 amide bonds. The quantitative estimate of drug-likeness (QED) is 0.687. The molecule has 4 heteroatoms. The van der Waals surface area contributed by atoms with E-state index in [1.165, 1.54) is 0 Å². The molecule has 0 aromatic rings. The second kappa shape index (κ2) is 7.94. The van der Waals surface area contributed by atoms with E-state index in [9.17, 15) is 5.26 Å². The molecule has 16 heavy (non-hydrogen) atoms. The van der Waals surface area contributed by atoms with Crippen molar-refractivity contribution in [3.63, 3.8) is 0 Å². The Kier molecular flexibility index (Phi) is 7.82. The number of hydrogen-bond acceptors (Lipinski definition) is 4. The highest BCUT2D eigenvalue weighted by Crippen LogP contribution is 2.24. The molecule has 0 saturated carbocycles. The molecule has 0 heterocycles. The molecule has 2 N–H and O–H groups in total. The van der Waals surface area contributed by atoms with Gasteiger partial charge in [0.25, 0.3) is 0 Å². The molecule has 0 aromatic heterocycles. The zero-order valence-electron chi connectivity index (χ0n) is 10.8. The van der Waals surface area contributed by atoms with Crippen molar-refractivity contribution < 1.29 is 5.11 Å². The van der Waals surface area contributed by atoms with Crippen LogP contribution in [0, 0.1) is 11.3 Å². The summed E-state index contributed by atoms with van der Waals surface area (Å²) in [6.45, 7) is 9.22. The minimum atomic E-state index is -0.447. The van der Waals surface area contributed by atoms with E-state index in [4.69, 9.17) is 5.11 Å². The third kappa shape index (κ3) is 6.37. The van der Waals surface area contributed by atoms with Crippen LogP contribution in [0.1, 0.15) is 40.5 Å². The lowest BCUT2D eigenvalue weighted by molar-refractivity contribution is 0.299. The van der Waals surface area contributed by atoms with Crippen molar-refractivity contribution in [1.29, 1.82) is 5.26 Å². The average Bonchev–Trinajstić information content (AvgIpc) is 2.26. The van der Waals surface area contributed by atoms with Crippen LogP contribution in [0.4, 0.5) is 0 Å². The number of rotatable bonds is 8. The molecule has 0 spiro atoms. The van der Waals surface area contributed by atoms with Crippen molar-refractivity contribution in [2.45, 2.75) is 56.6 Å². The number of nitriles is 1. The van der Waals surface area contributed by atoms with Crippen LogP contribution in [-0.2, 0) is 0 Å². The summed E-state index contributed by atoms with van der Waals surface area (Å²) in [6.07, 6.45) is 1.84. The van der Waals surface area contributed by atoms with Gasteiger partial charge in [0.05, 0.1) is 12.7 Å². The van der Waals surface area contributed by atoms with Gasteiger partial charge in [0, 0.05) is 10.5 Å². The Morgan fingerprint density at radius 1 is 1.44 bits per heavy atom. The minimum Gasteiger partial charge on any atom is -0.395 e. The highest BCUT2D eigenvalue weighted by atomic mass is 32.2. The van der Waals surface area contributed by atoms with Gasteiger partial charge in [-0.1, -0.05) is 20.8 Å². The number of aliphatic hydroxyl groups is 1. The van der Waals surface area contributed by atoms with E-state index < -0.39 is 5.54 Å². The summed E-state index contributed by atoms with van der Waals surface area (Å²) in [6, 6.07) is 2.35. The van der Waals surface area contributed by atoms with Crippen molar-refractivity contribution in [1.82, 2.24) is 5.32 Å². The summed E-state index contributed by atoms with van der Waals surface area (Å²) in [5.74, 6) is 0. The zero-order valence-corrected chi connectivity index (χ0v) is 11.6. The van der Waals surface area contributed by atoms with Crippen LogP contribution in [0.5, 0.6) is 0 Å². The monoisotopic (exact) mass is 244 g/mol. The van der Waals surface area contributed by atoms with E-state index in [2.05, 4.69) is 25.2 Å². The number of nitrogens with one attached hydrogen (secondary N) is 1. The van der Waals surface area contributed by atoms with Gasteiger partial charge in [-0.25, -0.2) is 0 Å². The summed E-state index contributed by atoms with van der Waals surface area (Å²) >= 11 is 1.73. The van der Waals surface area contributed by atoms with Gasteiger partial charge in [-0.05, 0) is 26.3 Å². The van der Waals surface area contributed by atoms with Crippen molar-refractivity contribution in [2.75, 3.05) is 13.2 Å². The Labute approximate surface area is 104 Å². The first-order valence-electron chi connectivity index (χ1n) is 5.90. The molecule has 3 atom stereocenters. The van der Waals surface area contributed by atoms with E-state index in [-0.39, 0.29) is 11.9 Å². The third-order valence-electron chi connectivity index (χ3n) is 2.43. The Balaban J connectivity index is 4.15. The number of aliphatic hydroxyl groups excluding tert-OH is 1. The molecule has 3 nitrogen and oxygen atoms in total. The highest BCUT2D eigenvalue weighted by Gasteiger charge is 2.26. The van der Waals surface area contributed by atoms with E-state index >= 15 is 0 Å². The summed E-state index contributed by atoms with van der Waals surface area (Å²) in [7, 11) is 0. The first kappa shape index (κ1) is 15.8. The highest BCUT2D eigenvalue weighted by molar-refractivity contribution is 8.00. The first-order chi connectivity index (χ1) is 7.47. The molecule has 3 unspecified atom stereocenters. The third-order valence-corrected chi connectivity index (χ3v) is 3.67. The van der Waals surface area contributed by atoms with Gasteiger partial charge >= 0.3 is 0 Å². The Morgan fingerprint density at radius 3 is 2.50 bits per heavy atom. The molecular formula is C12H24N2OS. The largest absolute Gasteiger partial charge is 0.395 e. The molecule has 0 radical (unpaired) electrons.